The molecule has 168 valence electrons. The third-order valence-corrected chi connectivity index (χ3v) is 6.33. The SMILES string of the molecule is CN(C)C(=O)C1CCN(c2ncc(Cl)c(Cc3ccc4c(c3)cc(O)c(=O)n4C)n2)CC1. The summed E-state index contributed by atoms with van der Waals surface area (Å²) in [6.07, 6.45) is 3.65. The Balaban J connectivity index is 1.54. The van der Waals surface area contributed by atoms with Crippen LogP contribution in [0.3, 0.4) is 0 Å². The maximum absolute atomic E-state index is 12.2. The summed E-state index contributed by atoms with van der Waals surface area (Å²) in [5, 5.41) is 11.1. The predicted octanol–water partition coefficient (Wildman–Crippen LogP) is 2.58. The number of carbonyl (C=O) groups excluding carboxylic acids is 1. The Morgan fingerprint density at radius 1 is 1.25 bits per heavy atom. The summed E-state index contributed by atoms with van der Waals surface area (Å²) in [5.74, 6) is 0.539. The average molecular weight is 456 g/mol. The van der Waals surface area contributed by atoms with Crippen LogP contribution in [0.2, 0.25) is 5.02 Å². The number of nitrogens with zero attached hydrogens (tertiary/aromatic N) is 5. The number of anilines is 1. The first-order chi connectivity index (χ1) is 15.2. The molecular formula is C23H26ClN5O3. The topological polar surface area (TPSA) is 91.6 Å². The van der Waals surface area contributed by atoms with Crippen LogP contribution in [-0.2, 0) is 18.3 Å². The number of aromatic hydroxyl groups is 1. The average Bonchev–Trinajstić information content (AvgIpc) is 2.78. The standard InChI is InChI=1S/C23H26ClN5O3/c1-27(2)21(31)15-6-8-29(9-7-15)23-25-13-17(24)18(26-23)11-14-4-5-19-16(10-14)12-20(30)22(32)28(19)3/h4-5,10,12-13,15,30H,6-9,11H2,1-3H3. The number of pyridine rings is 1. The van der Waals surface area contributed by atoms with E-state index in [0.717, 1.165) is 29.3 Å². The number of hydrogen-bond donors (Lipinski definition) is 1. The van der Waals surface area contributed by atoms with Crippen LogP contribution in [0.15, 0.2) is 35.3 Å². The van der Waals surface area contributed by atoms with Gasteiger partial charge in [0.05, 0.1) is 22.4 Å². The van der Waals surface area contributed by atoms with E-state index in [1.165, 1.54) is 10.6 Å². The summed E-state index contributed by atoms with van der Waals surface area (Å²) in [6, 6.07) is 7.18. The number of aromatic nitrogens is 3. The Labute approximate surface area is 191 Å². The molecular weight excluding hydrogens is 430 g/mol. The van der Waals surface area contributed by atoms with E-state index in [1.807, 2.05) is 18.2 Å². The van der Waals surface area contributed by atoms with Crippen LogP contribution in [-0.4, -0.2) is 57.6 Å². The molecule has 0 spiro atoms. The molecule has 4 rings (SSSR count). The van der Waals surface area contributed by atoms with Crippen LogP contribution in [0, 0.1) is 5.92 Å². The molecule has 0 radical (unpaired) electrons. The molecule has 3 heterocycles. The third-order valence-electron chi connectivity index (χ3n) is 6.01. The van der Waals surface area contributed by atoms with Crippen molar-refractivity contribution in [3.63, 3.8) is 0 Å². The van der Waals surface area contributed by atoms with Gasteiger partial charge < -0.3 is 19.5 Å². The van der Waals surface area contributed by atoms with Crippen molar-refractivity contribution in [2.75, 3.05) is 32.1 Å². The van der Waals surface area contributed by atoms with Gasteiger partial charge in [-0.2, -0.15) is 0 Å². The zero-order valence-electron chi connectivity index (χ0n) is 18.4. The van der Waals surface area contributed by atoms with Crippen LogP contribution >= 0.6 is 11.6 Å². The highest BCUT2D eigenvalue weighted by molar-refractivity contribution is 6.31. The van der Waals surface area contributed by atoms with Gasteiger partial charge in [0.25, 0.3) is 5.56 Å². The number of rotatable bonds is 4. The third kappa shape index (κ3) is 4.27. The van der Waals surface area contributed by atoms with Crippen molar-refractivity contribution in [1.29, 1.82) is 0 Å². The van der Waals surface area contributed by atoms with Crippen molar-refractivity contribution in [3.05, 3.63) is 57.1 Å². The molecule has 1 saturated heterocycles. The number of amides is 1. The molecule has 1 aliphatic heterocycles. The summed E-state index contributed by atoms with van der Waals surface area (Å²) < 4.78 is 1.43. The zero-order valence-corrected chi connectivity index (χ0v) is 19.1. The van der Waals surface area contributed by atoms with Crippen molar-refractivity contribution < 1.29 is 9.90 Å². The molecule has 1 N–H and O–H groups in total. The molecule has 1 fully saturated rings. The summed E-state index contributed by atoms with van der Waals surface area (Å²) >= 11 is 6.39. The van der Waals surface area contributed by atoms with Crippen molar-refractivity contribution >= 4 is 34.4 Å². The fraction of sp³-hybridized carbons (Fsp3) is 0.391. The summed E-state index contributed by atoms with van der Waals surface area (Å²) in [4.78, 5) is 37.0. The molecule has 9 heteroatoms. The lowest BCUT2D eigenvalue weighted by molar-refractivity contribution is -0.133. The monoisotopic (exact) mass is 455 g/mol. The Hall–Kier alpha value is -3.13. The Morgan fingerprint density at radius 3 is 2.66 bits per heavy atom. The van der Waals surface area contributed by atoms with E-state index < -0.39 is 5.56 Å². The Bertz CT molecular complexity index is 1230. The van der Waals surface area contributed by atoms with E-state index in [4.69, 9.17) is 16.6 Å². The number of fused-ring (bicyclic) bond motifs is 1. The highest BCUT2D eigenvalue weighted by atomic mass is 35.5. The second-order valence-electron chi connectivity index (χ2n) is 8.42. The van der Waals surface area contributed by atoms with E-state index in [-0.39, 0.29) is 17.6 Å². The Kier molecular flexibility index (Phi) is 6.06. The number of carbonyl (C=O) groups is 1. The number of halogens is 1. The number of hydrogen-bond acceptors (Lipinski definition) is 6. The maximum atomic E-state index is 12.2. The van der Waals surface area contributed by atoms with Gasteiger partial charge in [-0.25, -0.2) is 9.97 Å². The summed E-state index contributed by atoms with van der Waals surface area (Å²) in [7, 11) is 5.21. The quantitative estimate of drug-likeness (QED) is 0.650. The minimum Gasteiger partial charge on any atom is -0.503 e. The van der Waals surface area contributed by atoms with Crippen LogP contribution < -0.4 is 10.5 Å². The van der Waals surface area contributed by atoms with Gasteiger partial charge in [0.15, 0.2) is 5.75 Å². The number of benzene rings is 1. The molecule has 0 atom stereocenters. The van der Waals surface area contributed by atoms with E-state index in [9.17, 15) is 14.7 Å². The van der Waals surface area contributed by atoms with Gasteiger partial charge in [-0.1, -0.05) is 17.7 Å². The minimum atomic E-state index is -0.426. The molecule has 0 aliphatic carbocycles. The second-order valence-corrected chi connectivity index (χ2v) is 8.83. The summed E-state index contributed by atoms with van der Waals surface area (Å²) in [6.45, 7) is 1.43. The van der Waals surface area contributed by atoms with Gasteiger partial charge >= 0.3 is 0 Å². The van der Waals surface area contributed by atoms with Crippen molar-refractivity contribution in [1.82, 2.24) is 19.4 Å². The fourth-order valence-corrected chi connectivity index (χ4v) is 4.34. The van der Waals surface area contributed by atoms with Crippen LogP contribution in [0.25, 0.3) is 10.9 Å². The van der Waals surface area contributed by atoms with Crippen molar-refractivity contribution in [3.8, 4) is 5.75 Å². The van der Waals surface area contributed by atoms with E-state index >= 15 is 0 Å². The van der Waals surface area contributed by atoms with Gasteiger partial charge in [-0.15, -0.1) is 0 Å². The zero-order chi connectivity index (χ0) is 23.0. The molecule has 1 aromatic carbocycles. The Morgan fingerprint density at radius 2 is 1.97 bits per heavy atom. The highest BCUT2D eigenvalue weighted by Crippen LogP contribution is 2.26. The molecule has 0 bridgehead atoms. The molecule has 0 unspecified atom stereocenters. The predicted molar refractivity (Wildman–Crippen MR) is 124 cm³/mol. The van der Waals surface area contributed by atoms with Gasteiger partial charge in [-0.3, -0.25) is 9.59 Å². The van der Waals surface area contributed by atoms with E-state index in [1.54, 1.807) is 32.2 Å². The fourth-order valence-electron chi connectivity index (χ4n) is 4.18. The van der Waals surface area contributed by atoms with Crippen LogP contribution in [0.5, 0.6) is 5.75 Å². The summed E-state index contributed by atoms with van der Waals surface area (Å²) in [5.41, 5.74) is 1.97. The highest BCUT2D eigenvalue weighted by Gasteiger charge is 2.27. The molecule has 1 aliphatic rings. The van der Waals surface area contributed by atoms with Crippen molar-refractivity contribution in [2.45, 2.75) is 19.3 Å². The van der Waals surface area contributed by atoms with Crippen LogP contribution in [0.4, 0.5) is 5.95 Å². The lowest BCUT2D eigenvalue weighted by atomic mass is 9.96. The first kappa shape index (κ1) is 22.1. The van der Waals surface area contributed by atoms with Gasteiger partial charge in [0.2, 0.25) is 11.9 Å². The minimum absolute atomic E-state index is 0.0398. The smallest absolute Gasteiger partial charge is 0.292 e. The molecule has 32 heavy (non-hydrogen) atoms. The van der Waals surface area contributed by atoms with Gasteiger partial charge in [0, 0.05) is 52.0 Å². The van der Waals surface area contributed by atoms with E-state index in [0.29, 0.717) is 36.2 Å². The second kappa shape index (κ2) is 8.78. The first-order valence-corrected chi connectivity index (χ1v) is 10.9. The van der Waals surface area contributed by atoms with Crippen molar-refractivity contribution in [2.24, 2.45) is 13.0 Å². The first-order valence-electron chi connectivity index (χ1n) is 10.5. The van der Waals surface area contributed by atoms with Gasteiger partial charge in [-0.05, 0) is 36.6 Å². The lowest BCUT2D eigenvalue weighted by Crippen LogP contribution is -2.40. The maximum Gasteiger partial charge on any atom is 0.292 e. The largest absolute Gasteiger partial charge is 0.503 e. The molecule has 0 saturated carbocycles. The molecule has 1 amide bonds. The number of aryl methyl sites for hydroxylation is 1. The van der Waals surface area contributed by atoms with Crippen LogP contribution in [0.1, 0.15) is 24.1 Å². The van der Waals surface area contributed by atoms with Gasteiger partial charge in [0.1, 0.15) is 0 Å². The molecule has 2 aromatic heterocycles. The lowest BCUT2D eigenvalue weighted by Gasteiger charge is -2.32. The number of piperidine rings is 1. The van der Waals surface area contributed by atoms with E-state index in [2.05, 4.69) is 9.88 Å². The normalized spacial score (nSPS) is 14.7. The molecule has 3 aromatic rings. The molecule has 8 nitrogen and oxygen atoms in total.